The van der Waals surface area contributed by atoms with Gasteiger partial charge in [0.25, 0.3) is 0 Å². The number of hydrogen-bond acceptors (Lipinski definition) is 3. The number of hydrogen-bond donors (Lipinski definition) is 1. The Morgan fingerprint density at radius 3 is 2.50 bits per heavy atom. The van der Waals surface area contributed by atoms with Crippen LogP contribution < -0.4 is 10.2 Å². The molecule has 1 N–H and O–H groups in total. The van der Waals surface area contributed by atoms with Crippen molar-refractivity contribution in [3.63, 3.8) is 0 Å². The highest BCUT2D eigenvalue weighted by Crippen LogP contribution is 2.41. The maximum Gasteiger partial charge on any atom is 0.238 e. The molecule has 1 atom stereocenters. The fourth-order valence-corrected chi connectivity index (χ4v) is 4.40. The summed E-state index contributed by atoms with van der Waals surface area (Å²) in [7, 11) is 0. The molecule has 148 valence electrons. The molecule has 4 nitrogen and oxygen atoms in total. The smallest absolute Gasteiger partial charge is 0.238 e. The second kappa shape index (κ2) is 9.73. The topological polar surface area (TPSA) is 49.4 Å². The lowest BCUT2D eigenvalue weighted by molar-refractivity contribution is -0.116. The van der Waals surface area contributed by atoms with Crippen LogP contribution in [0, 0.1) is 5.82 Å². The van der Waals surface area contributed by atoms with Crippen molar-refractivity contribution in [1.29, 1.82) is 0 Å². The maximum absolute atomic E-state index is 13.2. The molecule has 6 heteroatoms. The van der Waals surface area contributed by atoms with Crippen molar-refractivity contribution in [3.05, 3.63) is 59.9 Å². The van der Waals surface area contributed by atoms with E-state index in [2.05, 4.69) is 12.2 Å². The van der Waals surface area contributed by atoms with E-state index in [0.717, 1.165) is 36.9 Å². The van der Waals surface area contributed by atoms with Gasteiger partial charge >= 0.3 is 0 Å². The first-order valence-corrected chi connectivity index (χ1v) is 10.7. The lowest BCUT2D eigenvalue weighted by Gasteiger charge is -2.24. The number of nitrogens with one attached hydrogen (secondary N) is 1. The van der Waals surface area contributed by atoms with E-state index in [-0.39, 0.29) is 23.0 Å². The Morgan fingerprint density at radius 2 is 1.82 bits per heavy atom. The van der Waals surface area contributed by atoms with Crippen LogP contribution in [0.5, 0.6) is 0 Å². The molecule has 0 radical (unpaired) electrons. The Labute approximate surface area is 169 Å². The van der Waals surface area contributed by atoms with Gasteiger partial charge in [0.15, 0.2) is 0 Å². The Bertz CT molecular complexity index is 808. The van der Waals surface area contributed by atoms with E-state index in [1.54, 1.807) is 28.8 Å². The molecule has 0 aromatic heterocycles. The molecule has 3 rings (SSSR count). The molecule has 1 fully saturated rings. The van der Waals surface area contributed by atoms with Gasteiger partial charge < -0.3 is 5.32 Å². The molecule has 2 amide bonds. The molecule has 2 aromatic carbocycles. The van der Waals surface area contributed by atoms with E-state index in [4.69, 9.17) is 0 Å². The van der Waals surface area contributed by atoms with Crippen LogP contribution in [0.4, 0.5) is 15.8 Å². The molecule has 1 aliphatic rings. The van der Waals surface area contributed by atoms with Gasteiger partial charge in [-0.15, -0.1) is 11.8 Å². The average molecular weight is 401 g/mol. The fourth-order valence-electron chi connectivity index (χ4n) is 3.22. The molecule has 1 saturated heterocycles. The molecule has 0 spiro atoms. The van der Waals surface area contributed by atoms with Crippen molar-refractivity contribution in [2.75, 3.05) is 16.0 Å². The number of thioether (sulfide) groups is 1. The summed E-state index contributed by atoms with van der Waals surface area (Å²) < 4.78 is 13.2. The molecule has 28 heavy (non-hydrogen) atoms. The zero-order valence-electron chi connectivity index (χ0n) is 16.0. The molecule has 2 aromatic rings. The first-order chi connectivity index (χ1) is 13.6. The SMILES string of the molecule is CCCCCCC(=O)Nc1ccc([C@H]2SCC(=O)N2c2ccc(F)cc2)cc1. The monoisotopic (exact) mass is 400 g/mol. The normalized spacial score (nSPS) is 16.4. The fraction of sp³-hybridized carbons (Fsp3) is 0.364. The van der Waals surface area contributed by atoms with Crippen molar-refractivity contribution in [1.82, 2.24) is 0 Å². The summed E-state index contributed by atoms with van der Waals surface area (Å²) in [6.45, 7) is 2.15. The third-order valence-corrected chi connectivity index (χ3v) is 5.92. The highest BCUT2D eigenvalue weighted by Gasteiger charge is 2.33. The van der Waals surface area contributed by atoms with Crippen molar-refractivity contribution in [2.24, 2.45) is 0 Å². The van der Waals surface area contributed by atoms with Gasteiger partial charge in [0.1, 0.15) is 11.2 Å². The highest BCUT2D eigenvalue weighted by atomic mass is 32.2. The Kier molecular flexibility index (Phi) is 7.09. The van der Waals surface area contributed by atoms with Gasteiger partial charge in [0, 0.05) is 17.8 Å². The summed E-state index contributed by atoms with van der Waals surface area (Å²) in [4.78, 5) is 26.1. The number of anilines is 2. The van der Waals surface area contributed by atoms with Crippen LogP contribution in [0.1, 0.15) is 50.0 Å². The van der Waals surface area contributed by atoms with Crippen LogP contribution in [-0.2, 0) is 9.59 Å². The number of carbonyl (C=O) groups excluding carboxylic acids is 2. The first kappa shape index (κ1) is 20.4. The minimum atomic E-state index is -0.325. The van der Waals surface area contributed by atoms with Crippen LogP contribution in [0.15, 0.2) is 48.5 Å². The van der Waals surface area contributed by atoms with E-state index in [9.17, 15) is 14.0 Å². The van der Waals surface area contributed by atoms with Gasteiger partial charge in [-0.25, -0.2) is 4.39 Å². The summed E-state index contributed by atoms with van der Waals surface area (Å²) in [5.74, 6) is 0.0980. The van der Waals surface area contributed by atoms with E-state index < -0.39 is 0 Å². The minimum absolute atomic E-state index is 0.00562. The minimum Gasteiger partial charge on any atom is -0.326 e. The summed E-state index contributed by atoms with van der Waals surface area (Å²) in [6, 6.07) is 13.6. The Hall–Kier alpha value is -2.34. The lowest BCUT2D eigenvalue weighted by atomic mass is 10.1. The van der Waals surface area contributed by atoms with Crippen molar-refractivity contribution in [2.45, 2.75) is 44.4 Å². The molecule has 0 bridgehead atoms. The van der Waals surface area contributed by atoms with E-state index in [1.165, 1.54) is 12.1 Å². The number of halogens is 1. The standard InChI is InChI=1S/C22H25FN2O2S/c1-2-3-4-5-6-20(26)24-18-11-7-16(8-12-18)22-25(21(27)15-28-22)19-13-9-17(23)10-14-19/h7-14,22H,2-6,15H2,1H3,(H,24,26)/t22-/m1/s1. The van der Waals surface area contributed by atoms with Crippen LogP contribution in [0.3, 0.4) is 0 Å². The van der Waals surface area contributed by atoms with E-state index in [1.807, 2.05) is 24.3 Å². The number of amides is 2. The highest BCUT2D eigenvalue weighted by molar-refractivity contribution is 8.00. The second-order valence-corrected chi connectivity index (χ2v) is 7.95. The Morgan fingerprint density at radius 1 is 1.11 bits per heavy atom. The zero-order chi connectivity index (χ0) is 19.9. The van der Waals surface area contributed by atoms with Crippen molar-refractivity contribution >= 4 is 35.0 Å². The van der Waals surface area contributed by atoms with Gasteiger partial charge in [-0.3, -0.25) is 14.5 Å². The second-order valence-electron chi connectivity index (χ2n) is 6.88. The third-order valence-electron chi connectivity index (χ3n) is 4.71. The van der Waals surface area contributed by atoms with Crippen molar-refractivity contribution < 1.29 is 14.0 Å². The number of unbranched alkanes of at least 4 members (excludes halogenated alkanes) is 3. The summed E-state index contributed by atoms with van der Waals surface area (Å²) in [5, 5.41) is 2.77. The number of rotatable bonds is 8. The van der Waals surface area contributed by atoms with Gasteiger partial charge in [0.2, 0.25) is 11.8 Å². The number of benzene rings is 2. The van der Waals surface area contributed by atoms with Crippen LogP contribution in [0.25, 0.3) is 0 Å². The first-order valence-electron chi connectivity index (χ1n) is 9.67. The quantitative estimate of drug-likeness (QED) is 0.594. The average Bonchev–Trinajstić information content (AvgIpc) is 3.08. The summed E-state index contributed by atoms with van der Waals surface area (Å²) >= 11 is 1.54. The molecular weight excluding hydrogens is 375 g/mol. The summed E-state index contributed by atoms with van der Waals surface area (Å²) in [6.07, 6.45) is 4.83. The molecule has 1 aliphatic heterocycles. The molecule has 0 unspecified atom stereocenters. The van der Waals surface area contributed by atoms with Gasteiger partial charge in [-0.2, -0.15) is 0 Å². The Balaban J connectivity index is 1.64. The van der Waals surface area contributed by atoms with Crippen LogP contribution in [0.2, 0.25) is 0 Å². The predicted octanol–water partition coefficient (Wildman–Crippen LogP) is 5.51. The van der Waals surface area contributed by atoms with E-state index in [0.29, 0.717) is 17.9 Å². The number of carbonyl (C=O) groups is 2. The molecular formula is C22H25FN2O2S. The van der Waals surface area contributed by atoms with Crippen LogP contribution in [-0.4, -0.2) is 17.6 Å². The molecule has 0 aliphatic carbocycles. The van der Waals surface area contributed by atoms with Crippen LogP contribution >= 0.6 is 11.8 Å². The molecule has 0 saturated carbocycles. The largest absolute Gasteiger partial charge is 0.326 e. The van der Waals surface area contributed by atoms with Crippen molar-refractivity contribution in [3.8, 4) is 0 Å². The number of nitrogens with zero attached hydrogens (tertiary/aromatic N) is 1. The summed E-state index contributed by atoms with van der Waals surface area (Å²) in [5.41, 5.74) is 2.42. The molecule has 1 heterocycles. The van der Waals surface area contributed by atoms with E-state index >= 15 is 0 Å². The maximum atomic E-state index is 13.2. The zero-order valence-corrected chi connectivity index (χ0v) is 16.8. The predicted molar refractivity (Wildman–Crippen MR) is 113 cm³/mol. The lowest BCUT2D eigenvalue weighted by Crippen LogP contribution is -2.27. The van der Waals surface area contributed by atoms with Gasteiger partial charge in [-0.1, -0.05) is 38.3 Å². The van der Waals surface area contributed by atoms with Gasteiger partial charge in [0.05, 0.1) is 5.75 Å². The van der Waals surface area contributed by atoms with Gasteiger partial charge in [-0.05, 0) is 48.4 Å². The third kappa shape index (κ3) is 5.13.